The van der Waals surface area contributed by atoms with Gasteiger partial charge in [0.15, 0.2) is 0 Å². The SMILES string of the molecule is C.C.C.CC.CCCCC(C)C.CP(=O)(O)O[O-].CP(=O)(O)O[O-]. The minimum absolute atomic E-state index is 0. The molecule has 0 radical (unpaired) electrons. The molecule has 2 N–H and O–H groups in total. The first-order chi connectivity index (χ1) is 9.39. The second-order valence-corrected chi connectivity index (χ2v) is 7.80. The second-order valence-electron chi connectivity index (χ2n) is 4.29. The molecule has 0 aromatic carbocycles. The lowest BCUT2D eigenvalue weighted by Crippen LogP contribution is -2.00. The molecule has 0 bridgehead atoms. The van der Waals surface area contributed by atoms with Crippen LogP contribution in [0.3, 0.4) is 0 Å². The fourth-order valence-corrected chi connectivity index (χ4v) is 0.612. The van der Waals surface area contributed by atoms with E-state index in [0.717, 1.165) is 19.2 Å². The van der Waals surface area contributed by atoms with E-state index in [2.05, 4.69) is 30.1 Å². The Balaban J connectivity index is -0.0000000324. The van der Waals surface area contributed by atoms with Gasteiger partial charge < -0.3 is 29.7 Å². The summed E-state index contributed by atoms with van der Waals surface area (Å²) in [4.78, 5) is 15.7. The Labute approximate surface area is 150 Å². The van der Waals surface area contributed by atoms with Gasteiger partial charge >= 0.3 is 15.2 Å². The molecule has 0 aromatic rings. The van der Waals surface area contributed by atoms with E-state index in [1.165, 1.54) is 19.3 Å². The molecular weight excluding hydrogens is 358 g/mol. The van der Waals surface area contributed by atoms with E-state index in [1.54, 1.807) is 0 Å². The molecule has 0 amide bonds. The van der Waals surface area contributed by atoms with Gasteiger partial charge in [0.1, 0.15) is 0 Å². The number of rotatable bonds is 5. The van der Waals surface area contributed by atoms with E-state index in [1.807, 2.05) is 13.8 Å². The predicted molar refractivity (Wildman–Crippen MR) is 99.6 cm³/mol. The normalized spacial score (nSPS) is 13.2. The molecule has 0 saturated carbocycles. The first kappa shape index (κ1) is 44.0. The molecule has 24 heavy (non-hydrogen) atoms. The molecule has 0 rings (SSSR count). The van der Waals surface area contributed by atoms with Crippen molar-refractivity contribution in [1.82, 2.24) is 0 Å². The molecule has 10 heteroatoms. The van der Waals surface area contributed by atoms with Crippen LogP contribution >= 0.6 is 15.2 Å². The van der Waals surface area contributed by atoms with E-state index in [4.69, 9.17) is 20.3 Å². The molecule has 2 unspecified atom stereocenters. The molecule has 0 saturated heterocycles. The zero-order valence-electron chi connectivity index (χ0n) is 13.9. The third-order valence-corrected chi connectivity index (χ3v) is 1.96. The van der Waals surface area contributed by atoms with Gasteiger partial charge in [0.25, 0.3) is 0 Å². The van der Waals surface area contributed by atoms with Gasteiger partial charge in [0.2, 0.25) is 0 Å². The highest BCUT2D eigenvalue weighted by atomic mass is 31.2. The molecule has 0 heterocycles. The Morgan fingerprint density at radius 3 is 1.17 bits per heavy atom. The molecule has 158 valence electrons. The van der Waals surface area contributed by atoms with Crippen LogP contribution in [0, 0.1) is 5.92 Å². The smallest absolute Gasteiger partial charge is 0.316 e. The lowest BCUT2D eigenvalue weighted by molar-refractivity contribution is -0.640. The summed E-state index contributed by atoms with van der Waals surface area (Å²) in [6.45, 7) is 12.4. The largest absolute Gasteiger partial charge is 0.716 e. The highest BCUT2D eigenvalue weighted by Gasteiger charge is 1.99. The van der Waals surface area contributed by atoms with Gasteiger partial charge in [-0.25, -0.2) is 0 Å². The van der Waals surface area contributed by atoms with E-state index in [9.17, 15) is 9.13 Å². The quantitative estimate of drug-likeness (QED) is 0.402. The molecule has 0 aliphatic rings. The van der Waals surface area contributed by atoms with Crippen molar-refractivity contribution in [2.24, 2.45) is 5.92 Å². The third kappa shape index (κ3) is 95.8. The van der Waals surface area contributed by atoms with Gasteiger partial charge in [-0.3, -0.25) is 9.13 Å². The van der Waals surface area contributed by atoms with E-state index < -0.39 is 15.2 Å². The van der Waals surface area contributed by atoms with Gasteiger partial charge in [0, 0.05) is 13.3 Å². The topological polar surface area (TPSA) is 139 Å². The monoisotopic (exact) mass is 400 g/mol. The van der Waals surface area contributed by atoms with E-state index in [-0.39, 0.29) is 22.3 Å². The Hall–Kier alpha value is 0.220. The summed E-state index contributed by atoms with van der Waals surface area (Å²) in [6, 6.07) is 0. The Bertz CT molecular complexity index is 252. The van der Waals surface area contributed by atoms with Gasteiger partial charge in [0.05, 0.1) is 0 Å². The standard InChI is InChI=1S/C7H16.C2H6.2CH5O4P.3CH4/c1-4-5-6-7(2)3;1-2;2*1-6(3,4)5-2;;;/h7H,4-6H2,1-3H3;1-2H3;2*2H,1H3,(H,3,4);3*1H4/p-2. The van der Waals surface area contributed by atoms with E-state index >= 15 is 0 Å². The lowest BCUT2D eigenvalue weighted by Gasteiger charge is -2.07. The van der Waals surface area contributed by atoms with Crippen LogP contribution in [0.2, 0.25) is 0 Å². The summed E-state index contributed by atoms with van der Waals surface area (Å²) < 4.78 is 24.8. The fourth-order valence-electron chi connectivity index (χ4n) is 0.612. The maximum absolute atomic E-state index is 9.60. The van der Waals surface area contributed by atoms with Crippen molar-refractivity contribution in [2.75, 3.05) is 13.3 Å². The van der Waals surface area contributed by atoms with Gasteiger partial charge in [-0.1, -0.05) is 76.2 Å². The molecular formula is C14H42O8P2-2. The van der Waals surface area contributed by atoms with Crippen LogP contribution in [0.25, 0.3) is 0 Å². The maximum Gasteiger partial charge on any atom is 0.316 e. The summed E-state index contributed by atoms with van der Waals surface area (Å²) in [5.74, 6) is 0.903. The summed E-state index contributed by atoms with van der Waals surface area (Å²) in [6.07, 6.45) is 4.15. The Morgan fingerprint density at radius 2 is 1.12 bits per heavy atom. The molecule has 0 aliphatic carbocycles. The third-order valence-electron chi connectivity index (χ3n) is 1.41. The van der Waals surface area contributed by atoms with E-state index in [0.29, 0.717) is 0 Å². The average molecular weight is 400 g/mol. The molecule has 0 aromatic heterocycles. The van der Waals surface area contributed by atoms with Crippen molar-refractivity contribution < 1.29 is 38.8 Å². The van der Waals surface area contributed by atoms with Crippen LogP contribution in [0.5, 0.6) is 0 Å². The lowest BCUT2D eigenvalue weighted by atomic mass is 10.1. The molecule has 0 aliphatic heterocycles. The van der Waals surface area contributed by atoms with Crippen LogP contribution < -0.4 is 10.5 Å². The maximum atomic E-state index is 9.60. The zero-order chi connectivity index (χ0) is 18.1. The van der Waals surface area contributed by atoms with Gasteiger partial charge in [-0.2, -0.15) is 0 Å². The van der Waals surface area contributed by atoms with Crippen molar-refractivity contribution in [3.05, 3.63) is 0 Å². The molecule has 2 atom stereocenters. The van der Waals surface area contributed by atoms with Crippen molar-refractivity contribution >= 4 is 15.2 Å². The second kappa shape index (κ2) is 28.0. The fraction of sp³-hybridized carbons (Fsp3) is 1.00. The minimum atomic E-state index is -3.70. The molecule has 0 fully saturated rings. The highest BCUT2D eigenvalue weighted by molar-refractivity contribution is 7.51. The number of hydrogen-bond acceptors (Lipinski definition) is 6. The molecule has 8 nitrogen and oxygen atoms in total. The number of hydrogen-bond donors (Lipinski definition) is 2. The van der Waals surface area contributed by atoms with Crippen LogP contribution in [-0.4, -0.2) is 23.1 Å². The van der Waals surface area contributed by atoms with Crippen LogP contribution in [0.4, 0.5) is 0 Å². The first-order valence-electron chi connectivity index (χ1n) is 6.63. The van der Waals surface area contributed by atoms with Crippen LogP contribution in [0.15, 0.2) is 0 Å². The first-order valence-corrected chi connectivity index (χ1v) is 10.7. The Kier molecular flexibility index (Phi) is 51.5. The van der Waals surface area contributed by atoms with Crippen molar-refractivity contribution in [3.8, 4) is 0 Å². The van der Waals surface area contributed by atoms with Gasteiger partial charge in [-0.05, 0) is 5.92 Å². The van der Waals surface area contributed by atoms with Crippen LogP contribution in [-0.2, 0) is 18.5 Å². The Morgan fingerprint density at radius 1 is 0.917 bits per heavy atom. The average Bonchev–Trinajstić information content (AvgIpc) is 2.38. The van der Waals surface area contributed by atoms with Crippen molar-refractivity contribution in [1.29, 1.82) is 0 Å². The predicted octanol–water partition coefficient (Wildman–Crippen LogP) is 3.95. The number of unbranched alkanes of at least 4 members (excludes halogenated alkanes) is 1. The molecule has 0 spiro atoms. The highest BCUT2D eigenvalue weighted by Crippen LogP contribution is 2.33. The van der Waals surface area contributed by atoms with Gasteiger partial charge in [-0.15, -0.1) is 0 Å². The van der Waals surface area contributed by atoms with Crippen molar-refractivity contribution in [2.45, 2.75) is 76.2 Å². The summed E-state index contributed by atoms with van der Waals surface area (Å²) in [5, 5.41) is 17.9. The summed E-state index contributed by atoms with van der Waals surface area (Å²) in [7, 11) is -7.40. The minimum Gasteiger partial charge on any atom is -0.716 e. The summed E-state index contributed by atoms with van der Waals surface area (Å²) >= 11 is 0. The zero-order valence-corrected chi connectivity index (χ0v) is 15.7. The van der Waals surface area contributed by atoms with Crippen LogP contribution in [0.1, 0.15) is 76.2 Å². The summed E-state index contributed by atoms with van der Waals surface area (Å²) in [5.41, 5.74) is 0. The van der Waals surface area contributed by atoms with Crippen molar-refractivity contribution in [3.63, 3.8) is 0 Å².